The van der Waals surface area contributed by atoms with Gasteiger partial charge >= 0.3 is 5.97 Å². The molecule has 0 unspecified atom stereocenters. The Labute approximate surface area is 160 Å². The quantitative estimate of drug-likeness (QED) is 0.554. The molecule has 0 spiro atoms. The molecule has 0 saturated carbocycles. The topological polar surface area (TPSA) is 86.1 Å². The van der Waals surface area contributed by atoms with E-state index < -0.39 is 18.6 Å². The number of rotatable bonds is 6. The van der Waals surface area contributed by atoms with Gasteiger partial charge in [0.25, 0.3) is 0 Å². The van der Waals surface area contributed by atoms with Gasteiger partial charge in [0.15, 0.2) is 6.61 Å². The van der Waals surface area contributed by atoms with E-state index in [1.165, 1.54) is 37.0 Å². The predicted octanol–water partition coefficient (Wildman–Crippen LogP) is 2.68. The van der Waals surface area contributed by atoms with Crippen LogP contribution in [0.5, 0.6) is 5.75 Å². The lowest BCUT2D eigenvalue weighted by atomic mass is 10.1. The monoisotopic (exact) mass is 389 g/mol. The molecule has 0 aliphatic carbocycles. The number of amides is 1. The fourth-order valence-corrected chi connectivity index (χ4v) is 4.32. The molecule has 2 atom stereocenters. The number of Topliss-reactive ketones (excluding diaryl/α,β-unsaturated/α-hetero) is 1. The average Bonchev–Trinajstić information content (AvgIpc) is 3.34. The van der Waals surface area contributed by atoms with Crippen molar-refractivity contribution in [3.05, 3.63) is 54.0 Å². The normalized spacial score (nSPS) is 19.0. The Hall–Kier alpha value is -2.74. The van der Waals surface area contributed by atoms with Gasteiger partial charge in [-0.3, -0.25) is 9.59 Å². The van der Waals surface area contributed by atoms with Crippen LogP contribution in [0.25, 0.3) is 0 Å². The van der Waals surface area contributed by atoms with E-state index in [1.54, 1.807) is 36.4 Å². The number of esters is 1. The third-order valence-electron chi connectivity index (χ3n) is 4.18. The van der Waals surface area contributed by atoms with Gasteiger partial charge < -0.3 is 18.8 Å². The smallest absolute Gasteiger partial charge is 0.330 e. The van der Waals surface area contributed by atoms with E-state index in [0.29, 0.717) is 22.8 Å². The number of nitrogens with zero attached hydrogens (tertiary/aromatic N) is 1. The van der Waals surface area contributed by atoms with Crippen LogP contribution in [0.3, 0.4) is 0 Å². The van der Waals surface area contributed by atoms with Crippen molar-refractivity contribution in [2.75, 3.05) is 19.5 Å². The number of ether oxygens (including phenoxy) is 2. The molecule has 1 aliphatic heterocycles. The Kier molecular flexibility index (Phi) is 5.85. The summed E-state index contributed by atoms with van der Waals surface area (Å²) in [6.07, 6.45) is 1.52. The Bertz CT molecular complexity index is 834. The molecule has 1 saturated heterocycles. The lowest BCUT2D eigenvalue weighted by Gasteiger charge is -2.25. The Morgan fingerprint density at radius 3 is 2.67 bits per heavy atom. The summed E-state index contributed by atoms with van der Waals surface area (Å²) in [5.74, 6) is 0.124. The standard InChI is InChI=1S/C19H19NO6S/c1-12(21)20-14(11-27-18(20)17-8-5-9-25-17)19(23)26-10-15(22)13-6-3-4-7-16(13)24-2/h3-9,14,18H,10-11H2,1-2H3/t14-,18-/m0/s1. The van der Waals surface area contributed by atoms with Gasteiger partial charge in [0.05, 0.1) is 18.9 Å². The highest BCUT2D eigenvalue weighted by Crippen LogP contribution is 2.41. The van der Waals surface area contributed by atoms with Gasteiger partial charge in [0.2, 0.25) is 11.7 Å². The van der Waals surface area contributed by atoms with Crippen LogP contribution in [0.1, 0.15) is 28.4 Å². The maximum Gasteiger partial charge on any atom is 0.330 e. The van der Waals surface area contributed by atoms with E-state index in [4.69, 9.17) is 13.9 Å². The SMILES string of the molecule is COc1ccccc1C(=O)COC(=O)[C@@H]1CS[C@@H](c2ccco2)N1C(C)=O. The molecule has 0 radical (unpaired) electrons. The molecule has 1 aromatic heterocycles. The van der Waals surface area contributed by atoms with Crippen molar-refractivity contribution in [2.24, 2.45) is 0 Å². The van der Waals surface area contributed by atoms with Gasteiger partial charge in [-0.2, -0.15) is 0 Å². The number of ketones is 1. The van der Waals surface area contributed by atoms with Gasteiger partial charge in [-0.1, -0.05) is 12.1 Å². The summed E-state index contributed by atoms with van der Waals surface area (Å²) in [5, 5.41) is -0.389. The van der Waals surface area contributed by atoms with E-state index in [-0.39, 0.29) is 17.1 Å². The summed E-state index contributed by atoms with van der Waals surface area (Å²) >= 11 is 1.42. The van der Waals surface area contributed by atoms with E-state index in [9.17, 15) is 14.4 Å². The summed E-state index contributed by atoms with van der Waals surface area (Å²) in [5.41, 5.74) is 0.338. The van der Waals surface area contributed by atoms with Crippen molar-refractivity contribution < 1.29 is 28.3 Å². The average molecular weight is 389 g/mol. The Balaban J connectivity index is 1.67. The second-order valence-corrected chi connectivity index (χ2v) is 6.99. The third-order valence-corrected chi connectivity index (χ3v) is 5.46. The predicted molar refractivity (Wildman–Crippen MR) is 98.5 cm³/mol. The van der Waals surface area contributed by atoms with Crippen molar-refractivity contribution in [1.29, 1.82) is 0 Å². The zero-order chi connectivity index (χ0) is 19.4. The van der Waals surface area contributed by atoms with Crippen molar-refractivity contribution >= 4 is 29.4 Å². The van der Waals surface area contributed by atoms with Crippen LogP contribution in [-0.2, 0) is 14.3 Å². The van der Waals surface area contributed by atoms with Crippen LogP contribution in [0, 0.1) is 0 Å². The van der Waals surface area contributed by atoms with E-state index >= 15 is 0 Å². The van der Waals surface area contributed by atoms with Crippen LogP contribution >= 0.6 is 11.8 Å². The number of hydrogen-bond acceptors (Lipinski definition) is 7. The first kappa shape index (κ1) is 19.0. The number of hydrogen-bond donors (Lipinski definition) is 0. The molecular weight excluding hydrogens is 370 g/mol. The van der Waals surface area contributed by atoms with Crippen molar-refractivity contribution in [2.45, 2.75) is 18.3 Å². The highest BCUT2D eigenvalue weighted by molar-refractivity contribution is 7.99. The molecule has 27 heavy (non-hydrogen) atoms. The molecule has 3 rings (SSSR count). The van der Waals surface area contributed by atoms with Crippen molar-refractivity contribution in [3.63, 3.8) is 0 Å². The van der Waals surface area contributed by atoms with Crippen LogP contribution in [0.2, 0.25) is 0 Å². The van der Waals surface area contributed by atoms with Crippen LogP contribution in [-0.4, -0.2) is 48.1 Å². The summed E-state index contributed by atoms with van der Waals surface area (Å²) in [6, 6.07) is 9.43. The lowest BCUT2D eigenvalue weighted by Crippen LogP contribution is -2.43. The minimum absolute atomic E-state index is 0.264. The highest BCUT2D eigenvalue weighted by atomic mass is 32.2. The summed E-state index contributed by atoms with van der Waals surface area (Å²) in [4.78, 5) is 38.4. The van der Waals surface area contributed by atoms with Crippen molar-refractivity contribution in [1.82, 2.24) is 4.90 Å². The highest BCUT2D eigenvalue weighted by Gasteiger charge is 2.43. The summed E-state index contributed by atoms with van der Waals surface area (Å²) < 4.78 is 15.7. The summed E-state index contributed by atoms with van der Waals surface area (Å²) in [6.45, 7) is 0.972. The van der Waals surface area contributed by atoms with E-state index in [1.807, 2.05) is 0 Å². The fourth-order valence-electron chi connectivity index (χ4n) is 2.91. The molecular formula is C19H19NO6S. The maximum absolute atomic E-state index is 12.5. The first-order chi connectivity index (χ1) is 13.0. The minimum Gasteiger partial charge on any atom is -0.496 e. The molecule has 1 fully saturated rings. The zero-order valence-electron chi connectivity index (χ0n) is 14.9. The number of carbonyl (C=O) groups is 3. The van der Waals surface area contributed by atoms with Gasteiger partial charge in [-0.05, 0) is 24.3 Å². The lowest BCUT2D eigenvalue weighted by molar-refractivity contribution is -0.152. The molecule has 0 bridgehead atoms. The van der Waals surface area contributed by atoms with Gasteiger partial charge in [-0.25, -0.2) is 4.79 Å². The van der Waals surface area contributed by atoms with Crippen LogP contribution in [0.15, 0.2) is 47.1 Å². The fraction of sp³-hybridized carbons (Fsp3) is 0.316. The van der Waals surface area contributed by atoms with Gasteiger partial charge in [0, 0.05) is 12.7 Å². The molecule has 0 N–H and O–H groups in total. The summed E-state index contributed by atoms with van der Waals surface area (Å²) in [7, 11) is 1.47. The minimum atomic E-state index is -0.770. The zero-order valence-corrected chi connectivity index (χ0v) is 15.7. The molecule has 2 heterocycles. The number of carbonyl (C=O) groups excluding carboxylic acids is 3. The van der Waals surface area contributed by atoms with E-state index in [0.717, 1.165) is 0 Å². The molecule has 1 amide bonds. The third kappa shape index (κ3) is 4.00. The van der Waals surface area contributed by atoms with Gasteiger partial charge in [-0.15, -0.1) is 11.8 Å². The first-order valence-electron chi connectivity index (χ1n) is 8.29. The first-order valence-corrected chi connectivity index (χ1v) is 9.34. The largest absolute Gasteiger partial charge is 0.496 e. The molecule has 1 aromatic carbocycles. The Morgan fingerprint density at radius 2 is 2.00 bits per heavy atom. The molecule has 8 heteroatoms. The second kappa shape index (κ2) is 8.30. The number of furan rings is 1. The number of thioether (sulfide) groups is 1. The number of benzene rings is 1. The second-order valence-electron chi connectivity index (χ2n) is 5.87. The van der Waals surface area contributed by atoms with Gasteiger partial charge in [0.1, 0.15) is 22.9 Å². The van der Waals surface area contributed by atoms with Crippen LogP contribution in [0.4, 0.5) is 0 Å². The maximum atomic E-state index is 12.5. The van der Waals surface area contributed by atoms with E-state index in [2.05, 4.69) is 0 Å². The molecule has 2 aromatic rings. The molecule has 7 nitrogen and oxygen atoms in total. The van der Waals surface area contributed by atoms with Crippen LogP contribution < -0.4 is 4.74 Å². The van der Waals surface area contributed by atoms with Crippen molar-refractivity contribution in [3.8, 4) is 5.75 Å². The number of methoxy groups -OCH3 is 1. The number of para-hydroxylation sites is 1. The molecule has 142 valence electrons. The molecule has 1 aliphatic rings. The Morgan fingerprint density at radius 1 is 1.22 bits per heavy atom.